The summed E-state index contributed by atoms with van der Waals surface area (Å²) in [6.07, 6.45) is 1.91. The van der Waals surface area contributed by atoms with E-state index in [9.17, 15) is 13.2 Å². The molecule has 0 aromatic carbocycles. The molecule has 0 fully saturated rings. The molecule has 0 spiro atoms. The van der Waals surface area contributed by atoms with Crippen molar-refractivity contribution in [1.29, 1.82) is 0 Å². The Balaban J connectivity index is 3.07. The standard InChI is InChI=1S/C11H17NO4S3/c1-7-6-18-9(11(13)16-3)10(7)19(14,15)12-5-8(2)17-4/h6,8,12H,5H2,1-4H3. The minimum absolute atomic E-state index is 0.0256. The number of carbonyl (C=O) groups is 1. The summed E-state index contributed by atoms with van der Waals surface area (Å²) in [6.45, 7) is 3.91. The van der Waals surface area contributed by atoms with Crippen molar-refractivity contribution in [3.63, 3.8) is 0 Å². The molecule has 1 unspecified atom stereocenters. The molecule has 0 saturated carbocycles. The molecular formula is C11H17NO4S3. The third-order valence-corrected chi connectivity index (χ3v) is 6.31. The van der Waals surface area contributed by atoms with E-state index >= 15 is 0 Å². The number of rotatable bonds is 6. The Morgan fingerprint density at radius 2 is 2.21 bits per heavy atom. The number of methoxy groups -OCH3 is 1. The Morgan fingerprint density at radius 1 is 1.58 bits per heavy atom. The van der Waals surface area contributed by atoms with Crippen LogP contribution in [0.1, 0.15) is 22.2 Å². The number of esters is 1. The van der Waals surface area contributed by atoms with E-state index in [-0.39, 0.29) is 15.0 Å². The highest BCUT2D eigenvalue weighted by atomic mass is 32.2. The van der Waals surface area contributed by atoms with Crippen LogP contribution in [0.2, 0.25) is 0 Å². The van der Waals surface area contributed by atoms with Crippen molar-refractivity contribution < 1.29 is 17.9 Å². The van der Waals surface area contributed by atoms with Crippen LogP contribution in [0.25, 0.3) is 0 Å². The smallest absolute Gasteiger partial charge is 0.349 e. The molecule has 1 atom stereocenters. The van der Waals surface area contributed by atoms with E-state index in [4.69, 9.17) is 0 Å². The fourth-order valence-corrected chi connectivity index (χ4v) is 4.57. The summed E-state index contributed by atoms with van der Waals surface area (Å²) in [7, 11) is -2.46. The van der Waals surface area contributed by atoms with Gasteiger partial charge in [-0.15, -0.1) is 11.3 Å². The first-order chi connectivity index (χ1) is 8.83. The van der Waals surface area contributed by atoms with Gasteiger partial charge in [-0.1, -0.05) is 6.92 Å². The van der Waals surface area contributed by atoms with E-state index in [1.54, 1.807) is 24.1 Å². The molecule has 0 radical (unpaired) electrons. The Hall–Kier alpha value is -0.570. The molecule has 1 aromatic rings. The summed E-state index contributed by atoms with van der Waals surface area (Å²) in [6, 6.07) is 0. The lowest BCUT2D eigenvalue weighted by Gasteiger charge is -2.11. The highest BCUT2D eigenvalue weighted by molar-refractivity contribution is 7.99. The first-order valence-electron chi connectivity index (χ1n) is 5.52. The zero-order valence-electron chi connectivity index (χ0n) is 11.2. The molecule has 0 aliphatic rings. The molecule has 0 bridgehead atoms. The summed E-state index contributed by atoms with van der Waals surface area (Å²) < 4.78 is 31.6. The third-order valence-electron chi connectivity index (χ3n) is 2.52. The van der Waals surface area contributed by atoms with E-state index in [1.807, 2.05) is 13.2 Å². The van der Waals surface area contributed by atoms with Crippen molar-refractivity contribution in [2.24, 2.45) is 0 Å². The normalized spacial score (nSPS) is 13.3. The Morgan fingerprint density at radius 3 is 2.74 bits per heavy atom. The average Bonchev–Trinajstić information content (AvgIpc) is 2.77. The maximum absolute atomic E-state index is 12.3. The number of nitrogens with one attached hydrogen (secondary N) is 1. The number of hydrogen-bond acceptors (Lipinski definition) is 6. The van der Waals surface area contributed by atoms with Crippen LogP contribution >= 0.6 is 23.1 Å². The molecule has 1 rings (SSSR count). The van der Waals surface area contributed by atoms with Crippen LogP contribution in [-0.4, -0.2) is 39.5 Å². The fourth-order valence-electron chi connectivity index (χ4n) is 1.38. The molecule has 19 heavy (non-hydrogen) atoms. The molecule has 0 saturated heterocycles. The molecule has 5 nitrogen and oxygen atoms in total. The number of aryl methyl sites for hydroxylation is 1. The zero-order chi connectivity index (χ0) is 14.6. The van der Waals surface area contributed by atoms with E-state index in [1.165, 1.54) is 7.11 Å². The highest BCUT2D eigenvalue weighted by Crippen LogP contribution is 2.27. The van der Waals surface area contributed by atoms with Crippen LogP contribution in [0.4, 0.5) is 0 Å². The van der Waals surface area contributed by atoms with Gasteiger partial charge in [0.1, 0.15) is 9.77 Å². The van der Waals surface area contributed by atoms with Crippen LogP contribution in [0.5, 0.6) is 0 Å². The van der Waals surface area contributed by atoms with Gasteiger partial charge in [-0.25, -0.2) is 17.9 Å². The van der Waals surface area contributed by atoms with Crippen molar-refractivity contribution in [1.82, 2.24) is 4.72 Å². The van der Waals surface area contributed by atoms with Crippen molar-refractivity contribution in [2.75, 3.05) is 19.9 Å². The summed E-state index contributed by atoms with van der Waals surface area (Å²) >= 11 is 2.64. The molecule has 8 heteroatoms. The van der Waals surface area contributed by atoms with Gasteiger partial charge >= 0.3 is 5.97 Å². The van der Waals surface area contributed by atoms with Crippen molar-refractivity contribution in [3.05, 3.63) is 15.8 Å². The molecule has 1 N–H and O–H groups in total. The van der Waals surface area contributed by atoms with Crippen molar-refractivity contribution in [3.8, 4) is 0 Å². The average molecular weight is 323 g/mol. The van der Waals surface area contributed by atoms with E-state index in [2.05, 4.69) is 9.46 Å². The summed E-state index contributed by atoms with van der Waals surface area (Å²) in [5.74, 6) is -0.628. The minimum atomic E-state index is -3.69. The number of carbonyl (C=O) groups excluding carboxylic acids is 1. The van der Waals surface area contributed by atoms with Gasteiger partial charge in [-0.3, -0.25) is 0 Å². The van der Waals surface area contributed by atoms with Crippen LogP contribution in [0.15, 0.2) is 10.3 Å². The van der Waals surface area contributed by atoms with Gasteiger partial charge in [0.25, 0.3) is 0 Å². The van der Waals surface area contributed by atoms with Gasteiger partial charge in [-0.2, -0.15) is 11.8 Å². The van der Waals surface area contributed by atoms with Crippen molar-refractivity contribution in [2.45, 2.75) is 24.0 Å². The monoisotopic (exact) mass is 323 g/mol. The maximum atomic E-state index is 12.3. The van der Waals surface area contributed by atoms with Crippen molar-refractivity contribution >= 4 is 39.1 Å². The van der Waals surface area contributed by atoms with Gasteiger partial charge in [0.2, 0.25) is 10.0 Å². The third kappa shape index (κ3) is 3.95. The number of thioether (sulfide) groups is 1. The topological polar surface area (TPSA) is 72.5 Å². The molecule has 108 valence electrons. The second-order valence-corrected chi connectivity index (χ2v) is 7.83. The van der Waals surface area contributed by atoms with Gasteiger partial charge in [0.05, 0.1) is 7.11 Å². The lowest BCUT2D eigenvalue weighted by Crippen LogP contribution is -2.30. The van der Waals surface area contributed by atoms with Gasteiger partial charge in [0.15, 0.2) is 0 Å². The largest absolute Gasteiger partial charge is 0.465 e. The molecule has 0 aliphatic carbocycles. The number of sulfonamides is 1. The Bertz CT molecular complexity index is 550. The second kappa shape index (κ2) is 6.74. The quantitative estimate of drug-likeness (QED) is 0.809. The second-order valence-electron chi connectivity index (χ2n) is 3.97. The lowest BCUT2D eigenvalue weighted by atomic mass is 10.3. The number of ether oxygens (including phenoxy) is 1. The lowest BCUT2D eigenvalue weighted by molar-refractivity contribution is 0.0602. The first kappa shape index (κ1) is 16.5. The highest BCUT2D eigenvalue weighted by Gasteiger charge is 2.27. The predicted molar refractivity (Wildman–Crippen MR) is 78.6 cm³/mol. The van der Waals surface area contributed by atoms with E-state index in [0.29, 0.717) is 12.1 Å². The maximum Gasteiger partial charge on any atom is 0.349 e. The summed E-state index contributed by atoms with van der Waals surface area (Å²) in [4.78, 5) is 11.7. The predicted octanol–water partition coefficient (Wildman–Crippen LogP) is 1.87. The Kier molecular flexibility index (Phi) is 5.84. The molecule has 1 aromatic heterocycles. The molecule has 1 heterocycles. The molecular weight excluding hydrogens is 306 g/mol. The van der Waals surface area contributed by atoms with Gasteiger partial charge < -0.3 is 4.74 Å². The van der Waals surface area contributed by atoms with E-state index < -0.39 is 16.0 Å². The fraction of sp³-hybridized carbons (Fsp3) is 0.545. The van der Waals surface area contributed by atoms with Crippen LogP contribution in [0, 0.1) is 6.92 Å². The van der Waals surface area contributed by atoms with Crippen LogP contribution in [-0.2, 0) is 14.8 Å². The van der Waals surface area contributed by atoms with Crippen LogP contribution in [0.3, 0.4) is 0 Å². The summed E-state index contributed by atoms with van der Waals surface area (Å²) in [5, 5.41) is 1.80. The van der Waals surface area contributed by atoms with Gasteiger partial charge in [-0.05, 0) is 24.1 Å². The van der Waals surface area contributed by atoms with Crippen LogP contribution < -0.4 is 4.72 Å². The number of thiophene rings is 1. The van der Waals surface area contributed by atoms with E-state index in [0.717, 1.165) is 11.3 Å². The summed E-state index contributed by atoms with van der Waals surface area (Å²) in [5.41, 5.74) is 0.551. The first-order valence-corrected chi connectivity index (χ1v) is 9.17. The molecule has 0 amide bonds. The zero-order valence-corrected chi connectivity index (χ0v) is 13.7. The Labute approximate surface area is 121 Å². The SMILES string of the molecule is COC(=O)c1scc(C)c1S(=O)(=O)NCC(C)SC. The van der Waals surface area contributed by atoms with Gasteiger partial charge in [0, 0.05) is 11.8 Å². The number of hydrogen-bond donors (Lipinski definition) is 1. The molecule has 0 aliphatic heterocycles. The minimum Gasteiger partial charge on any atom is -0.465 e.